The van der Waals surface area contributed by atoms with Crippen molar-refractivity contribution < 1.29 is 18.3 Å². The highest BCUT2D eigenvalue weighted by atomic mass is 19.4. The summed E-state index contributed by atoms with van der Waals surface area (Å²) in [6.45, 7) is 4.01. The molecule has 134 valence electrons. The third kappa shape index (κ3) is 2.84. The Kier molecular flexibility index (Phi) is 3.68. The molecular weight excluding hydrogens is 331 g/mol. The van der Waals surface area contributed by atoms with Crippen molar-refractivity contribution in [3.63, 3.8) is 0 Å². The van der Waals surface area contributed by atoms with Crippen LogP contribution in [0.1, 0.15) is 50.0 Å². The fourth-order valence-corrected chi connectivity index (χ4v) is 4.18. The summed E-state index contributed by atoms with van der Waals surface area (Å²) in [5.74, 6) is 1.27. The molecule has 0 aliphatic heterocycles. The van der Waals surface area contributed by atoms with Gasteiger partial charge in [0.05, 0.1) is 11.8 Å². The number of hydrogen-bond donors (Lipinski definition) is 1. The van der Waals surface area contributed by atoms with Crippen molar-refractivity contribution in [2.24, 2.45) is 11.8 Å². The van der Waals surface area contributed by atoms with Gasteiger partial charge in [0.1, 0.15) is 11.4 Å². The highest BCUT2D eigenvalue weighted by Crippen LogP contribution is 2.63. The van der Waals surface area contributed by atoms with Crippen molar-refractivity contribution in [2.45, 2.75) is 50.9 Å². The Hall–Kier alpha value is -1.89. The maximum absolute atomic E-state index is 12.9. The fraction of sp³-hybridized carbons (Fsp3) is 0.556. The molecule has 7 heteroatoms. The zero-order valence-electron chi connectivity index (χ0n) is 14.0. The van der Waals surface area contributed by atoms with E-state index in [1.807, 2.05) is 24.6 Å². The number of aromatic nitrogens is 3. The molecule has 2 aromatic heterocycles. The Balaban J connectivity index is 1.69. The number of rotatable bonds is 3. The van der Waals surface area contributed by atoms with Crippen molar-refractivity contribution in [3.8, 4) is 11.4 Å². The minimum atomic E-state index is -4.47. The first kappa shape index (κ1) is 16.6. The Labute approximate surface area is 143 Å². The van der Waals surface area contributed by atoms with Gasteiger partial charge in [-0.15, -0.1) is 0 Å². The van der Waals surface area contributed by atoms with E-state index < -0.39 is 11.9 Å². The monoisotopic (exact) mass is 351 g/mol. The number of aliphatic hydroxyl groups excluding tert-OH is 1. The molecule has 0 amide bonds. The first-order chi connectivity index (χ1) is 11.8. The first-order valence-electron chi connectivity index (χ1n) is 8.58. The predicted molar refractivity (Wildman–Crippen MR) is 85.8 cm³/mol. The molecule has 2 atom stereocenters. The molecule has 2 saturated carbocycles. The Bertz CT molecular complexity index is 787. The van der Waals surface area contributed by atoms with Crippen molar-refractivity contribution in [2.75, 3.05) is 0 Å². The molecule has 4 nitrogen and oxygen atoms in total. The van der Waals surface area contributed by atoms with Crippen LogP contribution in [0.5, 0.6) is 0 Å². The minimum absolute atomic E-state index is 0.112. The van der Waals surface area contributed by atoms with Gasteiger partial charge in [-0.25, -0.2) is 4.98 Å². The highest BCUT2D eigenvalue weighted by Gasteiger charge is 2.57. The molecule has 2 unspecified atom stereocenters. The minimum Gasteiger partial charge on any atom is -0.393 e. The average molecular weight is 351 g/mol. The van der Waals surface area contributed by atoms with Crippen molar-refractivity contribution >= 4 is 0 Å². The first-order valence-corrected chi connectivity index (χ1v) is 8.58. The normalized spacial score (nSPS) is 28.4. The highest BCUT2D eigenvalue weighted by molar-refractivity contribution is 5.55. The number of nitrogens with zero attached hydrogens (tertiary/aromatic N) is 3. The van der Waals surface area contributed by atoms with E-state index in [9.17, 15) is 18.3 Å². The van der Waals surface area contributed by atoms with Crippen LogP contribution in [0.15, 0.2) is 24.3 Å². The van der Waals surface area contributed by atoms with Crippen LogP contribution in [0.3, 0.4) is 0 Å². The third-order valence-electron chi connectivity index (χ3n) is 5.32. The van der Waals surface area contributed by atoms with Crippen LogP contribution in [0.4, 0.5) is 13.2 Å². The molecule has 4 rings (SSSR count). The van der Waals surface area contributed by atoms with E-state index in [1.54, 1.807) is 6.07 Å². The smallest absolute Gasteiger partial charge is 0.393 e. The van der Waals surface area contributed by atoms with Gasteiger partial charge in [0.25, 0.3) is 0 Å². The third-order valence-corrected chi connectivity index (χ3v) is 5.32. The second kappa shape index (κ2) is 5.56. The second-order valence-electron chi connectivity index (χ2n) is 7.38. The molecule has 1 N–H and O–H groups in total. The topological polar surface area (TPSA) is 50.9 Å². The van der Waals surface area contributed by atoms with Gasteiger partial charge in [-0.2, -0.15) is 18.3 Å². The van der Waals surface area contributed by atoms with E-state index in [1.165, 1.54) is 6.07 Å². The molecule has 2 aromatic rings. The Morgan fingerprint density at radius 2 is 1.84 bits per heavy atom. The number of fused-ring (bicyclic) bond motifs is 1. The van der Waals surface area contributed by atoms with Crippen LogP contribution >= 0.6 is 0 Å². The molecular formula is C18H20F3N3O. The Morgan fingerprint density at radius 1 is 1.16 bits per heavy atom. The molecule has 0 bridgehead atoms. The molecule has 2 aliphatic rings. The van der Waals surface area contributed by atoms with Gasteiger partial charge in [0, 0.05) is 17.7 Å². The summed E-state index contributed by atoms with van der Waals surface area (Å²) in [5, 5.41) is 14.3. The van der Waals surface area contributed by atoms with Gasteiger partial charge in [-0.1, -0.05) is 6.07 Å². The van der Waals surface area contributed by atoms with Crippen LogP contribution in [0.2, 0.25) is 0 Å². The number of alkyl halides is 3. The zero-order valence-corrected chi connectivity index (χ0v) is 14.0. The van der Waals surface area contributed by atoms with E-state index in [0.29, 0.717) is 23.4 Å². The maximum Gasteiger partial charge on any atom is 0.433 e. The molecule has 2 fully saturated rings. The lowest BCUT2D eigenvalue weighted by atomic mass is 10.1. The van der Waals surface area contributed by atoms with Crippen molar-refractivity contribution in [1.29, 1.82) is 0 Å². The maximum atomic E-state index is 12.9. The molecule has 0 aromatic carbocycles. The standard InChI is InChI=1S/C18H20F3N3O/c1-9(2)24-15(17-11-6-10(25)7-12(11)17)8-14(23-24)13-4-3-5-16(22-13)18(19,20)21/h3-5,8-12,17,25H,6-7H2,1-2H3. The van der Waals surface area contributed by atoms with Crippen LogP contribution in [-0.4, -0.2) is 26.0 Å². The second-order valence-corrected chi connectivity index (χ2v) is 7.38. The molecule has 0 spiro atoms. The van der Waals surface area contributed by atoms with Crippen molar-refractivity contribution in [3.05, 3.63) is 35.7 Å². The van der Waals surface area contributed by atoms with Gasteiger partial charge in [-0.05, 0) is 56.7 Å². The lowest BCUT2D eigenvalue weighted by Crippen LogP contribution is -2.11. The van der Waals surface area contributed by atoms with E-state index in [0.717, 1.165) is 24.6 Å². The number of hydrogen-bond acceptors (Lipinski definition) is 3. The summed E-state index contributed by atoms with van der Waals surface area (Å²) < 4.78 is 40.6. The van der Waals surface area contributed by atoms with Crippen molar-refractivity contribution in [1.82, 2.24) is 14.8 Å². The van der Waals surface area contributed by atoms with Gasteiger partial charge in [-0.3, -0.25) is 4.68 Å². The summed E-state index contributed by atoms with van der Waals surface area (Å²) in [6.07, 6.45) is -3.08. The quantitative estimate of drug-likeness (QED) is 0.908. The largest absolute Gasteiger partial charge is 0.433 e. The predicted octanol–water partition coefficient (Wildman–Crippen LogP) is 4.03. The molecule has 0 saturated heterocycles. The molecule has 2 aliphatic carbocycles. The zero-order chi connectivity index (χ0) is 17.9. The van der Waals surface area contributed by atoms with E-state index >= 15 is 0 Å². The van der Waals surface area contributed by atoms with E-state index in [2.05, 4.69) is 10.1 Å². The molecule has 2 heterocycles. The van der Waals surface area contributed by atoms with Crippen LogP contribution in [0, 0.1) is 11.8 Å². The fourth-order valence-electron chi connectivity index (χ4n) is 4.18. The summed E-state index contributed by atoms with van der Waals surface area (Å²) >= 11 is 0. The van der Waals surface area contributed by atoms with Gasteiger partial charge in [0.2, 0.25) is 0 Å². The molecule has 25 heavy (non-hydrogen) atoms. The van der Waals surface area contributed by atoms with Crippen LogP contribution < -0.4 is 0 Å². The lowest BCUT2D eigenvalue weighted by molar-refractivity contribution is -0.141. The Morgan fingerprint density at radius 3 is 2.44 bits per heavy atom. The van der Waals surface area contributed by atoms with E-state index in [4.69, 9.17) is 0 Å². The summed E-state index contributed by atoms with van der Waals surface area (Å²) in [5.41, 5.74) is 0.852. The summed E-state index contributed by atoms with van der Waals surface area (Å²) in [7, 11) is 0. The number of halogens is 3. The van der Waals surface area contributed by atoms with E-state index in [-0.39, 0.29) is 17.8 Å². The summed E-state index contributed by atoms with van der Waals surface area (Å²) in [4.78, 5) is 3.75. The van der Waals surface area contributed by atoms with Crippen LogP contribution in [-0.2, 0) is 6.18 Å². The lowest BCUT2D eigenvalue weighted by Gasteiger charge is -2.13. The summed E-state index contributed by atoms with van der Waals surface area (Å²) in [6, 6.07) is 5.88. The van der Waals surface area contributed by atoms with Gasteiger partial charge in [0.15, 0.2) is 0 Å². The van der Waals surface area contributed by atoms with Gasteiger partial charge < -0.3 is 5.11 Å². The average Bonchev–Trinajstić information content (AvgIpc) is 2.90. The van der Waals surface area contributed by atoms with Gasteiger partial charge >= 0.3 is 6.18 Å². The number of pyridine rings is 1. The van der Waals surface area contributed by atoms with Crippen LogP contribution in [0.25, 0.3) is 11.4 Å². The SMILES string of the molecule is CC(C)n1nc(-c2cccc(C(F)(F)F)n2)cc1C1C2CC(O)CC21. The number of aliphatic hydroxyl groups is 1. The molecule has 0 radical (unpaired) electrons.